The second-order valence-corrected chi connectivity index (χ2v) is 5.81. The molecule has 2 atom stereocenters. The molecule has 1 N–H and O–H groups in total. The average molecular weight is 294 g/mol. The molecule has 0 aromatic carbocycles. The Morgan fingerprint density at radius 3 is 2.57 bits per heavy atom. The fourth-order valence-electron chi connectivity index (χ4n) is 2.87. The average Bonchev–Trinajstić information content (AvgIpc) is 2.44. The van der Waals surface area contributed by atoms with E-state index in [1.807, 2.05) is 13.8 Å². The smallest absolute Gasteiger partial charge is 0.314 e. The first kappa shape index (κ1) is 17.5. The molecule has 0 aliphatic heterocycles. The number of aliphatic carboxylic acids is 1. The standard InChI is InChI=1S/C17H26O4/c1-5-7-8-12(3)17(16(19)20)10-9-15(21-13(4)18)14(6-2)11-17/h9-10,12H,5-8,11H2,1-4H3,(H,19,20)/t12?,17-/m1/s1. The topological polar surface area (TPSA) is 63.6 Å². The summed E-state index contributed by atoms with van der Waals surface area (Å²) in [5, 5.41) is 9.76. The van der Waals surface area contributed by atoms with Gasteiger partial charge in [0.1, 0.15) is 5.76 Å². The highest BCUT2D eigenvalue weighted by molar-refractivity contribution is 5.79. The maximum absolute atomic E-state index is 11.9. The van der Waals surface area contributed by atoms with Crippen molar-refractivity contribution in [3.8, 4) is 0 Å². The summed E-state index contributed by atoms with van der Waals surface area (Å²) in [5.41, 5.74) is 0.0166. The van der Waals surface area contributed by atoms with Gasteiger partial charge >= 0.3 is 11.9 Å². The van der Waals surface area contributed by atoms with Gasteiger partial charge in [-0.3, -0.25) is 9.59 Å². The lowest BCUT2D eigenvalue weighted by Gasteiger charge is -2.36. The van der Waals surface area contributed by atoms with Crippen molar-refractivity contribution in [1.82, 2.24) is 0 Å². The van der Waals surface area contributed by atoms with Crippen LogP contribution in [0.4, 0.5) is 0 Å². The Hall–Kier alpha value is -1.58. The number of rotatable bonds is 7. The highest BCUT2D eigenvalue weighted by atomic mass is 16.5. The number of carbonyl (C=O) groups is 2. The van der Waals surface area contributed by atoms with Crippen LogP contribution < -0.4 is 0 Å². The summed E-state index contributed by atoms with van der Waals surface area (Å²) >= 11 is 0. The zero-order valence-electron chi connectivity index (χ0n) is 13.4. The number of hydrogen-bond donors (Lipinski definition) is 1. The number of unbranched alkanes of at least 4 members (excludes halogenated alkanes) is 1. The summed E-state index contributed by atoms with van der Waals surface area (Å²) in [7, 11) is 0. The Bertz CT molecular complexity index is 461. The highest BCUT2D eigenvalue weighted by Gasteiger charge is 2.43. The number of hydrogen-bond acceptors (Lipinski definition) is 3. The summed E-state index contributed by atoms with van der Waals surface area (Å²) < 4.78 is 5.19. The Morgan fingerprint density at radius 1 is 1.43 bits per heavy atom. The SMILES string of the molecule is CCCCC(C)[C@@]1(C(=O)O)C=CC(OC(C)=O)=C(CC)C1. The molecule has 1 rings (SSSR count). The van der Waals surface area contributed by atoms with E-state index in [9.17, 15) is 14.7 Å². The Labute approximate surface area is 126 Å². The minimum atomic E-state index is -0.885. The molecule has 0 saturated carbocycles. The van der Waals surface area contributed by atoms with Gasteiger partial charge in [0.25, 0.3) is 0 Å². The third kappa shape index (κ3) is 3.96. The van der Waals surface area contributed by atoms with Gasteiger partial charge in [0, 0.05) is 6.92 Å². The lowest BCUT2D eigenvalue weighted by molar-refractivity contribution is -0.149. The van der Waals surface area contributed by atoms with Crippen LogP contribution in [0, 0.1) is 11.3 Å². The van der Waals surface area contributed by atoms with Crippen LogP contribution in [-0.2, 0) is 14.3 Å². The second kappa shape index (κ2) is 7.43. The van der Waals surface area contributed by atoms with Crippen LogP contribution in [0.1, 0.15) is 59.8 Å². The fourth-order valence-corrected chi connectivity index (χ4v) is 2.87. The molecular formula is C17H26O4. The Morgan fingerprint density at radius 2 is 2.10 bits per heavy atom. The van der Waals surface area contributed by atoms with E-state index in [4.69, 9.17) is 4.74 Å². The van der Waals surface area contributed by atoms with E-state index in [2.05, 4.69) is 6.92 Å². The normalized spacial score (nSPS) is 23.0. The van der Waals surface area contributed by atoms with Crippen molar-refractivity contribution in [2.24, 2.45) is 11.3 Å². The summed E-state index contributed by atoms with van der Waals surface area (Å²) in [6, 6.07) is 0. The molecule has 0 radical (unpaired) electrons. The van der Waals surface area contributed by atoms with Crippen LogP contribution in [0.25, 0.3) is 0 Å². The van der Waals surface area contributed by atoms with Gasteiger partial charge in [0.2, 0.25) is 0 Å². The molecular weight excluding hydrogens is 268 g/mol. The molecule has 118 valence electrons. The van der Waals surface area contributed by atoms with Crippen molar-refractivity contribution in [2.75, 3.05) is 0 Å². The molecule has 0 aromatic heterocycles. The molecule has 4 heteroatoms. The van der Waals surface area contributed by atoms with Gasteiger partial charge in [0.15, 0.2) is 0 Å². The number of allylic oxidation sites excluding steroid dienone is 2. The van der Waals surface area contributed by atoms with E-state index < -0.39 is 11.4 Å². The molecule has 21 heavy (non-hydrogen) atoms. The van der Waals surface area contributed by atoms with Crippen LogP contribution >= 0.6 is 0 Å². The fraction of sp³-hybridized carbons (Fsp3) is 0.647. The van der Waals surface area contributed by atoms with Crippen LogP contribution in [0.2, 0.25) is 0 Å². The van der Waals surface area contributed by atoms with Crippen LogP contribution in [0.15, 0.2) is 23.5 Å². The van der Waals surface area contributed by atoms with Gasteiger partial charge in [-0.2, -0.15) is 0 Å². The lowest BCUT2D eigenvalue weighted by atomic mass is 9.67. The largest absolute Gasteiger partial charge is 0.481 e. The molecule has 0 spiro atoms. The predicted molar refractivity (Wildman–Crippen MR) is 81.6 cm³/mol. The molecule has 1 aliphatic carbocycles. The molecule has 1 unspecified atom stereocenters. The highest BCUT2D eigenvalue weighted by Crippen LogP contribution is 2.44. The van der Waals surface area contributed by atoms with E-state index in [0.717, 1.165) is 24.8 Å². The number of carboxylic acids is 1. The van der Waals surface area contributed by atoms with Crippen molar-refractivity contribution in [1.29, 1.82) is 0 Å². The molecule has 0 bridgehead atoms. The van der Waals surface area contributed by atoms with E-state index >= 15 is 0 Å². The number of ether oxygens (including phenoxy) is 1. The van der Waals surface area contributed by atoms with Gasteiger partial charge in [0.05, 0.1) is 5.41 Å². The van der Waals surface area contributed by atoms with Gasteiger partial charge in [-0.15, -0.1) is 0 Å². The predicted octanol–water partition coefficient (Wildman–Crippen LogP) is 4.07. The van der Waals surface area contributed by atoms with E-state index in [1.165, 1.54) is 6.92 Å². The third-order valence-corrected chi connectivity index (χ3v) is 4.34. The summed E-state index contributed by atoms with van der Waals surface area (Å²) in [4.78, 5) is 23.0. The van der Waals surface area contributed by atoms with Gasteiger partial charge < -0.3 is 9.84 Å². The van der Waals surface area contributed by atoms with Crippen LogP contribution in [0.5, 0.6) is 0 Å². The van der Waals surface area contributed by atoms with Crippen molar-refractivity contribution in [3.05, 3.63) is 23.5 Å². The van der Waals surface area contributed by atoms with E-state index in [0.29, 0.717) is 18.6 Å². The van der Waals surface area contributed by atoms with Gasteiger partial charge in [-0.1, -0.05) is 39.7 Å². The van der Waals surface area contributed by atoms with Crippen molar-refractivity contribution in [3.63, 3.8) is 0 Å². The number of carboxylic acid groups (broad SMARTS) is 1. The number of carbonyl (C=O) groups excluding carboxylic acids is 1. The summed E-state index contributed by atoms with van der Waals surface area (Å²) in [6.45, 7) is 7.42. The molecule has 0 amide bonds. The maximum Gasteiger partial charge on any atom is 0.314 e. The zero-order valence-corrected chi connectivity index (χ0v) is 13.4. The quantitative estimate of drug-likeness (QED) is 0.719. The van der Waals surface area contributed by atoms with Crippen molar-refractivity contribution < 1.29 is 19.4 Å². The monoisotopic (exact) mass is 294 g/mol. The minimum Gasteiger partial charge on any atom is -0.481 e. The molecule has 0 aromatic rings. The van der Waals surface area contributed by atoms with Gasteiger partial charge in [-0.25, -0.2) is 0 Å². The zero-order chi connectivity index (χ0) is 16.0. The van der Waals surface area contributed by atoms with E-state index in [1.54, 1.807) is 12.2 Å². The summed E-state index contributed by atoms with van der Waals surface area (Å²) in [5.74, 6) is -0.603. The minimum absolute atomic E-state index is 0.0478. The Balaban J connectivity index is 3.06. The molecule has 0 fully saturated rings. The van der Waals surface area contributed by atoms with Gasteiger partial charge in [-0.05, 0) is 36.8 Å². The van der Waals surface area contributed by atoms with Crippen molar-refractivity contribution in [2.45, 2.75) is 59.8 Å². The lowest BCUT2D eigenvalue weighted by Crippen LogP contribution is -2.38. The Kier molecular flexibility index (Phi) is 6.19. The third-order valence-electron chi connectivity index (χ3n) is 4.34. The second-order valence-electron chi connectivity index (χ2n) is 5.81. The molecule has 1 aliphatic rings. The van der Waals surface area contributed by atoms with E-state index in [-0.39, 0.29) is 11.9 Å². The van der Waals surface area contributed by atoms with Crippen LogP contribution in [-0.4, -0.2) is 17.0 Å². The van der Waals surface area contributed by atoms with Crippen LogP contribution in [0.3, 0.4) is 0 Å². The first-order valence-electron chi connectivity index (χ1n) is 7.70. The first-order valence-corrected chi connectivity index (χ1v) is 7.70. The maximum atomic E-state index is 11.9. The summed E-state index contributed by atoms with van der Waals surface area (Å²) in [6.07, 6.45) is 7.44. The first-order chi connectivity index (χ1) is 9.87. The molecule has 4 nitrogen and oxygen atoms in total. The number of esters is 1. The van der Waals surface area contributed by atoms with Crippen molar-refractivity contribution >= 4 is 11.9 Å². The molecule has 0 heterocycles. The molecule has 0 saturated heterocycles.